The summed E-state index contributed by atoms with van der Waals surface area (Å²) in [6.45, 7) is 1.65. The molecule has 32 heavy (non-hydrogen) atoms. The van der Waals surface area contributed by atoms with Crippen LogP contribution in [0.15, 0.2) is 103 Å². The summed E-state index contributed by atoms with van der Waals surface area (Å²) in [5.41, 5.74) is 3.25. The fraction of sp³-hybridized carbons (Fsp3) is 0.222. The van der Waals surface area contributed by atoms with E-state index in [1.807, 2.05) is 78.9 Å². The molecule has 1 N–H and O–H groups in total. The summed E-state index contributed by atoms with van der Waals surface area (Å²) in [6.07, 6.45) is 3.38. The number of anilines is 1. The van der Waals surface area contributed by atoms with Gasteiger partial charge in [-0.3, -0.25) is 14.9 Å². The predicted octanol–water partition coefficient (Wildman–Crippen LogP) is 6.17. The van der Waals surface area contributed by atoms with Gasteiger partial charge in [-0.2, -0.15) is 0 Å². The maximum atomic E-state index is 12.9. The number of allylic oxidation sites excluding steroid dienone is 2. The van der Waals surface area contributed by atoms with E-state index in [0.29, 0.717) is 24.1 Å². The molecule has 0 aliphatic carbocycles. The van der Waals surface area contributed by atoms with Crippen molar-refractivity contribution in [3.05, 3.63) is 124 Å². The Hall–Kier alpha value is -3.73. The third-order valence-corrected chi connectivity index (χ3v) is 5.59. The number of nitrogens with zero attached hydrogens (tertiary/aromatic N) is 1. The van der Waals surface area contributed by atoms with E-state index in [1.54, 1.807) is 25.1 Å². The molecule has 0 fully saturated rings. The van der Waals surface area contributed by atoms with Crippen molar-refractivity contribution in [2.75, 3.05) is 5.32 Å². The van der Waals surface area contributed by atoms with Crippen LogP contribution in [0.4, 0.5) is 5.69 Å². The second-order valence-corrected chi connectivity index (χ2v) is 7.91. The standard InChI is InChI=1S/C27H28N2O3/c1-21(29(31)32)24(18-17-22-11-5-2-6-12-22)19-26(28-25-15-9-4-10-16-25)20-27(30)23-13-7-3-8-14-23/h2-16,20-21,24,28H,17-19H2,1H3/b26-20-. The lowest BCUT2D eigenvalue weighted by molar-refractivity contribution is -0.527. The third kappa shape index (κ3) is 6.91. The molecule has 0 spiro atoms. The van der Waals surface area contributed by atoms with Crippen LogP contribution < -0.4 is 5.32 Å². The summed E-state index contributed by atoms with van der Waals surface area (Å²) in [6, 6.07) is 27.9. The highest BCUT2D eigenvalue weighted by atomic mass is 16.6. The number of hydrogen-bond acceptors (Lipinski definition) is 4. The summed E-state index contributed by atoms with van der Waals surface area (Å²) in [5.74, 6) is -0.351. The zero-order valence-electron chi connectivity index (χ0n) is 18.2. The van der Waals surface area contributed by atoms with Gasteiger partial charge in [-0.1, -0.05) is 78.9 Å². The Morgan fingerprint density at radius 1 is 0.938 bits per heavy atom. The van der Waals surface area contributed by atoms with E-state index < -0.39 is 6.04 Å². The van der Waals surface area contributed by atoms with Gasteiger partial charge in [-0.15, -0.1) is 0 Å². The SMILES string of the molecule is CC(C(CCc1ccccc1)C/C(=C/C(=O)c1ccccc1)Nc1ccccc1)[N+](=O)[O-]. The molecule has 0 saturated heterocycles. The minimum Gasteiger partial charge on any atom is -0.359 e. The maximum Gasteiger partial charge on any atom is 0.213 e. The largest absolute Gasteiger partial charge is 0.359 e. The first-order chi connectivity index (χ1) is 15.5. The number of ketones is 1. The van der Waals surface area contributed by atoms with Gasteiger partial charge in [-0.05, 0) is 37.0 Å². The first-order valence-corrected chi connectivity index (χ1v) is 10.8. The van der Waals surface area contributed by atoms with Crippen LogP contribution >= 0.6 is 0 Å². The lowest BCUT2D eigenvalue weighted by Crippen LogP contribution is -2.28. The highest BCUT2D eigenvalue weighted by molar-refractivity contribution is 6.05. The Labute approximate surface area is 189 Å². The van der Waals surface area contributed by atoms with E-state index in [-0.39, 0.29) is 16.6 Å². The van der Waals surface area contributed by atoms with Crippen LogP contribution in [0.25, 0.3) is 0 Å². The van der Waals surface area contributed by atoms with E-state index in [0.717, 1.165) is 17.7 Å². The molecule has 0 aliphatic heterocycles. The number of rotatable bonds is 11. The van der Waals surface area contributed by atoms with Crippen LogP contribution in [0.2, 0.25) is 0 Å². The van der Waals surface area contributed by atoms with Crippen LogP contribution in [0, 0.1) is 16.0 Å². The van der Waals surface area contributed by atoms with Gasteiger partial charge < -0.3 is 5.32 Å². The molecule has 0 heterocycles. The lowest BCUT2D eigenvalue weighted by Gasteiger charge is -2.21. The minimum absolute atomic E-state index is 0.125. The molecule has 3 rings (SSSR count). The van der Waals surface area contributed by atoms with Crippen molar-refractivity contribution < 1.29 is 9.72 Å². The molecule has 164 valence electrons. The molecule has 0 aliphatic rings. The van der Waals surface area contributed by atoms with Crippen molar-refractivity contribution in [1.29, 1.82) is 0 Å². The third-order valence-electron chi connectivity index (χ3n) is 5.59. The molecule has 5 heteroatoms. The number of benzene rings is 3. The molecular weight excluding hydrogens is 400 g/mol. The van der Waals surface area contributed by atoms with Crippen LogP contribution in [-0.4, -0.2) is 16.7 Å². The number of aryl methyl sites for hydroxylation is 1. The van der Waals surface area contributed by atoms with E-state index in [1.165, 1.54) is 0 Å². The molecule has 2 atom stereocenters. The van der Waals surface area contributed by atoms with Crippen LogP contribution in [-0.2, 0) is 6.42 Å². The van der Waals surface area contributed by atoms with Crippen LogP contribution in [0.3, 0.4) is 0 Å². The molecule has 0 radical (unpaired) electrons. The smallest absolute Gasteiger partial charge is 0.213 e. The second-order valence-electron chi connectivity index (χ2n) is 7.91. The zero-order chi connectivity index (χ0) is 22.8. The van der Waals surface area contributed by atoms with Gasteiger partial charge in [0, 0.05) is 40.8 Å². The molecule has 3 aromatic rings. The first-order valence-electron chi connectivity index (χ1n) is 10.8. The highest BCUT2D eigenvalue weighted by Crippen LogP contribution is 2.25. The average molecular weight is 429 g/mol. The van der Waals surface area contributed by atoms with Crippen molar-refractivity contribution in [2.45, 2.75) is 32.2 Å². The number of para-hydroxylation sites is 1. The van der Waals surface area contributed by atoms with Gasteiger partial charge in [0.15, 0.2) is 5.78 Å². The summed E-state index contributed by atoms with van der Waals surface area (Å²) < 4.78 is 0. The number of carbonyl (C=O) groups excluding carboxylic acids is 1. The Morgan fingerprint density at radius 3 is 2.09 bits per heavy atom. The fourth-order valence-corrected chi connectivity index (χ4v) is 3.66. The fourth-order valence-electron chi connectivity index (χ4n) is 3.66. The average Bonchev–Trinajstić information content (AvgIpc) is 2.83. The van der Waals surface area contributed by atoms with E-state index in [4.69, 9.17) is 0 Å². The Morgan fingerprint density at radius 2 is 1.50 bits per heavy atom. The monoisotopic (exact) mass is 428 g/mol. The predicted molar refractivity (Wildman–Crippen MR) is 128 cm³/mol. The van der Waals surface area contributed by atoms with Crippen molar-refractivity contribution >= 4 is 11.5 Å². The van der Waals surface area contributed by atoms with Gasteiger partial charge in [-0.25, -0.2) is 0 Å². The molecule has 5 nitrogen and oxygen atoms in total. The molecule has 0 aromatic heterocycles. The number of carbonyl (C=O) groups is 1. The van der Waals surface area contributed by atoms with Gasteiger partial charge in [0.25, 0.3) is 0 Å². The highest BCUT2D eigenvalue weighted by Gasteiger charge is 2.27. The van der Waals surface area contributed by atoms with Crippen molar-refractivity contribution in [3.63, 3.8) is 0 Å². The van der Waals surface area contributed by atoms with Crippen LogP contribution in [0.1, 0.15) is 35.7 Å². The molecule has 0 amide bonds. The molecular formula is C27H28N2O3. The maximum absolute atomic E-state index is 12.9. The summed E-state index contributed by atoms with van der Waals surface area (Å²) in [4.78, 5) is 24.3. The topological polar surface area (TPSA) is 72.2 Å². The van der Waals surface area contributed by atoms with E-state index >= 15 is 0 Å². The minimum atomic E-state index is -0.730. The molecule has 2 unspecified atom stereocenters. The quantitative estimate of drug-likeness (QED) is 0.172. The molecule has 3 aromatic carbocycles. The number of hydrogen-bond donors (Lipinski definition) is 1. The van der Waals surface area contributed by atoms with Gasteiger partial charge >= 0.3 is 0 Å². The molecule has 0 bridgehead atoms. The Kier molecular flexibility index (Phi) is 8.32. The summed E-state index contributed by atoms with van der Waals surface area (Å²) in [7, 11) is 0. The zero-order valence-corrected chi connectivity index (χ0v) is 18.2. The Balaban J connectivity index is 1.85. The Bertz CT molecular complexity index is 1030. The van der Waals surface area contributed by atoms with E-state index in [9.17, 15) is 14.9 Å². The van der Waals surface area contributed by atoms with Gasteiger partial charge in [0.05, 0.1) is 0 Å². The van der Waals surface area contributed by atoms with E-state index in [2.05, 4.69) is 5.32 Å². The second kappa shape index (κ2) is 11.6. The van der Waals surface area contributed by atoms with Gasteiger partial charge in [0.2, 0.25) is 6.04 Å². The van der Waals surface area contributed by atoms with Gasteiger partial charge in [0.1, 0.15) is 0 Å². The van der Waals surface area contributed by atoms with Crippen molar-refractivity contribution in [1.82, 2.24) is 0 Å². The number of nitro groups is 1. The number of nitrogens with one attached hydrogen (secondary N) is 1. The van der Waals surface area contributed by atoms with Crippen LogP contribution in [0.5, 0.6) is 0 Å². The first kappa shape index (κ1) is 22.9. The van der Waals surface area contributed by atoms with Crippen molar-refractivity contribution in [3.8, 4) is 0 Å². The lowest BCUT2D eigenvalue weighted by atomic mass is 9.89. The molecule has 0 saturated carbocycles. The summed E-state index contributed by atoms with van der Waals surface area (Å²) >= 11 is 0. The normalized spacial score (nSPS) is 13.2. The summed E-state index contributed by atoms with van der Waals surface area (Å²) in [5, 5.41) is 15.0. The van der Waals surface area contributed by atoms with Crippen molar-refractivity contribution in [2.24, 2.45) is 5.92 Å².